The van der Waals surface area contributed by atoms with E-state index in [1.807, 2.05) is 0 Å². The Labute approximate surface area is 156 Å². The summed E-state index contributed by atoms with van der Waals surface area (Å²) in [6.45, 7) is 2.18. The highest BCUT2D eigenvalue weighted by Gasteiger charge is 2.22. The minimum Gasteiger partial charge on any atom is -0.504 e. The Morgan fingerprint density at radius 2 is 1.07 bits per heavy atom. The predicted octanol–water partition coefficient (Wildman–Crippen LogP) is 4.54. The van der Waals surface area contributed by atoms with Crippen molar-refractivity contribution in [3.63, 3.8) is 0 Å². The molecule has 0 aliphatic heterocycles. The van der Waals surface area contributed by atoms with Gasteiger partial charge in [0.15, 0.2) is 11.5 Å². The Hall–Kier alpha value is -3.98. The van der Waals surface area contributed by atoms with Crippen LogP contribution in [0.15, 0.2) is 66.7 Å². The number of aromatic hydroxyl groups is 2. The first-order valence-corrected chi connectivity index (χ1v) is 7.75. The van der Waals surface area contributed by atoms with Crippen molar-refractivity contribution in [1.29, 1.82) is 10.8 Å². The number of benzene rings is 3. The average Bonchev–Trinajstić information content (AvgIpc) is 2.64. The first-order valence-electron chi connectivity index (χ1n) is 7.75. The van der Waals surface area contributed by atoms with E-state index in [9.17, 15) is 0 Å². The maximum absolute atomic E-state index is 8.67. The average molecular weight is 362 g/mol. The monoisotopic (exact) mass is 362 g/mol. The van der Waals surface area contributed by atoms with Crippen molar-refractivity contribution in [3.05, 3.63) is 72.3 Å². The van der Waals surface area contributed by atoms with Crippen molar-refractivity contribution >= 4 is 12.2 Å². The minimum absolute atomic E-state index is 0.0764. The van der Waals surface area contributed by atoms with Crippen LogP contribution in [0.25, 0.3) is 22.3 Å². The quantitative estimate of drug-likeness (QED) is 0.208. The van der Waals surface area contributed by atoms with Gasteiger partial charge in [-0.05, 0) is 46.9 Å². The number of nitrogens with one attached hydrogen (secondary N) is 2. The van der Waals surface area contributed by atoms with E-state index < -0.39 is 0 Å². The van der Waals surface area contributed by atoms with Crippen LogP contribution in [0.3, 0.4) is 0 Å². The van der Waals surface area contributed by atoms with Crippen molar-refractivity contribution in [2.45, 2.75) is 6.92 Å². The highest BCUT2D eigenvalue weighted by atomic mass is 16.3. The maximum atomic E-state index is 8.67. The highest BCUT2D eigenvalue weighted by molar-refractivity contribution is 6.03. The molecule has 27 heavy (non-hydrogen) atoms. The summed E-state index contributed by atoms with van der Waals surface area (Å²) in [6, 6.07) is 21.2. The molecular weight excluding hydrogens is 344 g/mol. The Morgan fingerprint density at radius 1 is 0.667 bits per heavy atom. The van der Waals surface area contributed by atoms with Gasteiger partial charge in [0, 0.05) is 0 Å². The van der Waals surface area contributed by atoms with Gasteiger partial charge in [-0.15, -0.1) is 0 Å². The Kier molecular flexibility index (Phi) is 8.42. The topological polar surface area (TPSA) is 122 Å². The van der Waals surface area contributed by atoms with Gasteiger partial charge in [0.25, 0.3) is 0 Å². The molecule has 6 heteroatoms. The van der Waals surface area contributed by atoms with Crippen molar-refractivity contribution in [1.82, 2.24) is 0 Å². The number of para-hydroxylation sites is 2. The molecule has 0 aromatic heterocycles. The van der Waals surface area contributed by atoms with E-state index in [1.165, 1.54) is 39.9 Å². The van der Waals surface area contributed by atoms with E-state index in [1.54, 1.807) is 12.1 Å². The van der Waals surface area contributed by atoms with E-state index in [0.717, 1.165) is 12.2 Å². The first kappa shape index (κ1) is 21.1. The lowest BCUT2D eigenvalue weighted by Gasteiger charge is -2.25. The summed E-state index contributed by atoms with van der Waals surface area (Å²) in [5.41, 5.74) is 7.06. The molecule has 4 N–H and O–H groups in total. The van der Waals surface area contributed by atoms with Crippen molar-refractivity contribution in [3.8, 4) is 33.8 Å². The smallest absolute Gasteiger partial charge is 0.231 e. The van der Waals surface area contributed by atoms with Gasteiger partial charge >= 0.3 is 0 Å². The zero-order valence-electron chi connectivity index (χ0n) is 14.6. The summed E-state index contributed by atoms with van der Waals surface area (Å²) < 4.78 is 0. The van der Waals surface area contributed by atoms with Gasteiger partial charge in [0.1, 0.15) is 0 Å². The summed E-state index contributed by atoms with van der Waals surface area (Å²) in [4.78, 5) is 16.7. The molecule has 0 spiro atoms. The number of fused-ring (bicyclic) bond motifs is 4. The molecule has 0 unspecified atom stereocenters. The SMILES string of the molecule is Cc1cccc2c1-c1ccccc1-2.N=C=O.N=C=O.Oc1ccccc1O. The molecule has 0 radical (unpaired) electrons. The standard InChI is InChI=1S/C13H10.C6H6O2.2CHNO/c1-9-5-4-8-12-10-6-2-3-7-11(10)13(9)12;7-5-3-1-2-4-6(5)8;2*2-1-3/h2-8H,1H3;1-4,7-8H;2*2H. The molecule has 0 heterocycles. The first-order chi connectivity index (χ1) is 13.0. The molecule has 0 atom stereocenters. The van der Waals surface area contributed by atoms with Crippen molar-refractivity contribution in [2.24, 2.45) is 0 Å². The number of carbonyl (C=O) groups excluding carboxylic acids is 2. The van der Waals surface area contributed by atoms with Crippen LogP contribution < -0.4 is 0 Å². The van der Waals surface area contributed by atoms with Gasteiger partial charge in [-0.25, -0.2) is 20.4 Å². The molecule has 4 rings (SSSR count). The summed E-state index contributed by atoms with van der Waals surface area (Å²) in [7, 11) is 0. The number of rotatable bonds is 0. The lowest BCUT2D eigenvalue weighted by Crippen LogP contribution is -1.99. The summed E-state index contributed by atoms with van der Waals surface area (Å²) in [5.74, 6) is -0.153. The molecule has 0 saturated heterocycles. The third-order valence-corrected chi connectivity index (χ3v) is 3.64. The molecule has 3 aromatic carbocycles. The molecule has 1 aliphatic rings. The number of aryl methyl sites for hydroxylation is 1. The lowest BCUT2D eigenvalue weighted by molar-refractivity contribution is 0.404. The van der Waals surface area contributed by atoms with E-state index in [-0.39, 0.29) is 11.5 Å². The summed E-state index contributed by atoms with van der Waals surface area (Å²) in [5, 5.41) is 28.1. The molecular formula is C21H18N2O4. The van der Waals surface area contributed by atoms with E-state index in [2.05, 4.69) is 49.4 Å². The highest BCUT2D eigenvalue weighted by Crippen LogP contribution is 2.48. The van der Waals surface area contributed by atoms with Crippen LogP contribution in [0.2, 0.25) is 0 Å². The fourth-order valence-corrected chi connectivity index (χ4v) is 2.59. The van der Waals surface area contributed by atoms with Gasteiger partial charge in [-0.1, -0.05) is 54.6 Å². The van der Waals surface area contributed by atoms with Crippen LogP contribution in [-0.2, 0) is 9.59 Å². The molecule has 0 amide bonds. The fraction of sp³-hybridized carbons (Fsp3) is 0.0476. The number of hydrogen-bond acceptors (Lipinski definition) is 6. The van der Waals surface area contributed by atoms with Gasteiger partial charge in [-0.2, -0.15) is 0 Å². The molecule has 3 aromatic rings. The molecule has 1 aliphatic carbocycles. The third-order valence-electron chi connectivity index (χ3n) is 3.64. The van der Waals surface area contributed by atoms with Crippen LogP contribution in [-0.4, -0.2) is 22.4 Å². The minimum atomic E-state index is -0.0764. The van der Waals surface area contributed by atoms with Crippen LogP contribution in [0, 0.1) is 17.7 Å². The maximum Gasteiger partial charge on any atom is 0.231 e. The lowest BCUT2D eigenvalue weighted by atomic mass is 9.78. The van der Waals surface area contributed by atoms with Gasteiger partial charge in [0.2, 0.25) is 12.2 Å². The Morgan fingerprint density at radius 3 is 1.56 bits per heavy atom. The molecule has 0 saturated carbocycles. The van der Waals surface area contributed by atoms with Crippen LogP contribution in [0.1, 0.15) is 5.56 Å². The Balaban J connectivity index is 0.000000224. The summed E-state index contributed by atoms with van der Waals surface area (Å²) >= 11 is 0. The molecule has 6 nitrogen and oxygen atoms in total. The number of isocyanates is 2. The van der Waals surface area contributed by atoms with E-state index in [0.29, 0.717) is 0 Å². The largest absolute Gasteiger partial charge is 0.504 e. The normalized spacial score (nSPS) is 8.78. The molecule has 0 fully saturated rings. The number of phenolic OH excluding ortho intramolecular Hbond substituents is 2. The second-order valence-electron chi connectivity index (χ2n) is 5.24. The van der Waals surface area contributed by atoms with Crippen LogP contribution >= 0.6 is 0 Å². The number of hydrogen-bond donors (Lipinski definition) is 4. The second-order valence-corrected chi connectivity index (χ2v) is 5.24. The van der Waals surface area contributed by atoms with Gasteiger partial charge in [-0.3, -0.25) is 0 Å². The van der Waals surface area contributed by atoms with Gasteiger partial charge in [0.05, 0.1) is 0 Å². The molecule has 136 valence electrons. The fourth-order valence-electron chi connectivity index (χ4n) is 2.59. The second kappa shape index (κ2) is 10.8. The third kappa shape index (κ3) is 5.51. The molecule has 0 bridgehead atoms. The van der Waals surface area contributed by atoms with Crippen LogP contribution in [0.5, 0.6) is 11.5 Å². The zero-order valence-corrected chi connectivity index (χ0v) is 14.6. The van der Waals surface area contributed by atoms with Crippen LogP contribution in [0.4, 0.5) is 0 Å². The Bertz CT molecular complexity index is 938. The van der Waals surface area contributed by atoms with E-state index >= 15 is 0 Å². The van der Waals surface area contributed by atoms with Crippen molar-refractivity contribution < 1.29 is 19.8 Å². The predicted molar refractivity (Wildman–Crippen MR) is 102 cm³/mol. The van der Waals surface area contributed by atoms with Gasteiger partial charge < -0.3 is 10.2 Å². The number of phenols is 2. The van der Waals surface area contributed by atoms with Crippen molar-refractivity contribution in [2.75, 3.05) is 0 Å². The van der Waals surface area contributed by atoms with E-state index in [4.69, 9.17) is 30.6 Å². The summed E-state index contributed by atoms with van der Waals surface area (Å²) in [6.07, 6.45) is 1.50. The zero-order chi connectivity index (χ0) is 20.2.